The van der Waals surface area contributed by atoms with Gasteiger partial charge in [-0.1, -0.05) is 6.07 Å². The van der Waals surface area contributed by atoms with Gasteiger partial charge in [0.15, 0.2) is 11.5 Å². The van der Waals surface area contributed by atoms with Gasteiger partial charge in [-0.05, 0) is 36.6 Å². The van der Waals surface area contributed by atoms with Crippen molar-refractivity contribution < 1.29 is 32.2 Å². The molecule has 0 unspecified atom stereocenters. The summed E-state index contributed by atoms with van der Waals surface area (Å²) in [7, 11) is 0. The van der Waals surface area contributed by atoms with Crippen LogP contribution in [0.25, 0.3) is 0 Å². The molecule has 0 radical (unpaired) electrons. The van der Waals surface area contributed by atoms with Gasteiger partial charge in [0.25, 0.3) is 5.91 Å². The van der Waals surface area contributed by atoms with E-state index >= 15 is 0 Å². The lowest BCUT2D eigenvalue weighted by atomic mass is 9.93. The number of alkyl halides is 3. The third-order valence-electron chi connectivity index (χ3n) is 5.36. The number of aromatic nitrogens is 2. The number of nitrogens with zero attached hydrogens (tertiary/aromatic N) is 2. The summed E-state index contributed by atoms with van der Waals surface area (Å²) >= 11 is 0. The van der Waals surface area contributed by atoms with Gasteiger partial charge in [-0.15, -0.1) is 0 Å². The van der Waals surface area contributed by atoms with Crippen molar-refractivity contribution in [2.24, 2.45) is 0 Å². The zero-order chi connectivity index (χ0) is 22.0. The van der Waals surface area contributed by atoms with E-state index < -0.39 is 18.6 Å². The van der Waals surface area contributed by atoms with Gasteiger partial charge in [-0.25, -0.2) is 0 Å². The van der Waals surface area contributed by atoms with Gasteiger partial charge in [0.1, 0.15) is 12.2 Å². The van der Waals surface area contributed by atoms with Crippen LogP contribution in [-0.2, 0) is 11.2 Å². The zero-order valence-corrected chi connectivity index (χ0v) is 16.5. The van der Waals surface area contributed by atoms with Crippen LogP contribution >= 0.6 is 0 Å². The third-order valence-corrected chi connectivity index (χ3v) is 5.36. The maximum atomic E-state index is 12.6. The largest absolute Gasteiger partial charge is 0.454 e. The monoisotopic (exact) mass is 438 g/mol. The number of amides is 2. The smallest absolute Gasteiger partial charge is 0.405 e. The summed E-state index contributed by atoms with van der Waals surface area (Å²) in [6, 6.07) is 6.91. The average molecular weight is 438 g/mol. The van der Waals surface area contributed by atoms with Gasteiger partial charge in [0.05, 0.1) is 6.42 Å². The predicted molar refractivity (Wildman–Crippen MR) is 102 cm³/mol. The first kappa shape index (κ1) is 21.0. The summed E-state index contributed by atoms with van der Waals surface area (Å²) in [5, 5.41) is 8.36. The molecule has 2 aliphatic rings. The van der Waals surface area contributed by atoms with E-state index in [1.807, 2.05) is 12.1 Å². The van der Waals surface area contributed by atoms with Gasteiger partial charge < -0.3 is 19.7 Å². The van der Waals surface area contributed by atoms with Crippen LogP contribution in [0.5, 0.6) is 11.5 Å². The Morgan fingerprint density at radius 1 is 1.16 bits per heavy atom. The lowest BCUT2D eigenvalue weighted by molar-refractivity contribution is -0.131. The van der Waals surface area contributed by atoms with Crippen molar-refractivity contribution >= 4 is 11.8 Å². The summed E-state index contributed by atoms with van der Waals surface area (Å²) in [6.07, 6.45) is -2.89. The molecule has 2 amide bonds. The van der Waals surface area contributed by atoms with Crippen molar-refractivity contribution in [1.29, 1.82) is 0 Å². The second kappa shape index (κ2) is 8.48. The number of aromatic amines is 1. The molecule has 0 atom stereocenters. The molecule has 31 heavy (non-hydrogen) atoms. The van der Waals surface area contributed by atoms with E-state index in [9.17, 15) is 22.8 Å². The number of ether oxygens (including phenoxy) is 2. The molecule has 1 fully saturated rings. The molecule has 0 spiro atoms. The number of H-pyrrole nitrogens is 1. The number of halogens is 3. The standard InChI is InChI=1S/C20H21F3N4O4/c21-20(22,23)10-24-19(29)15-9-14(25-26-15)13-3-5-27(6-4-13)18(28)8-12-1-2-16-17(7-12)31-11-30-16/h1-2,7,9,13H,3-6,8,10-11H2,(H,24,29)(H,25,26). The van der Waals surface area contributed by atoms with E-state index in [4.69, 9.17) is 9.47 Å². The van der Waals surface area contributed by atoms with E-state index in [2.05, 4.69) is 10.2 Å². The lowest BCUT2D eigenvalue weighted by Crippen LogP contribution is -2.38. The number of hydrogen-bond donors (Lipinski definition) is 2. The molecular weight excluding hydrogens is 417 g/mol. The molecule has 1 saturated heterocycles. The second-order valence-corrected chi connectivity index (χ2v) is 7.53. The zero-order valence-electron chi connectivity index (χ0n) is 16.5. The number of carbonyl (C=O) groups is 2. The fraction of sp³-hybridized carbons (Fsp3) is 0.450. The first-order valence-corrected chi connectivity index (χ1v) is 9.85. The SMILES string of the molecule is O=C(NCC(F)(F)F)c1cc(C2CCN(C(=O)Cc3ccc4c(c3)OCO4)CC2)[nH]n1. The van der Waals surface area contributed by atoms with E-state index in [1.54, 1.807) is 16.3 Å². The van der Waals surface area contributed by atoms with Crippen LogP contribution in [-0.4, -0.2) is 59.5 Å². The van der Waals surface area contributed by atoms with Crippen LogP contribution in [0.4, 0.5) is 13.2 Å². The third kappa shape index (κ3) is 5.09. The van der Waals surface area contributed by atoms with Crippen molar-refractivity contribution in [3.8, 4) is 11.5 Å². The number of piperidine rings is 1. The molecule has 0 bridgehead atoms. The van der Waals surface area contributed by atoms with Gasteiger partial charge in [-0.2, -0.15) is 18.3 Å². The molecule has 1 aromatic carbocycles. The van der Waals surface area contributed by atoms with Crippen LogP contribution < -0.4 is 14.8 Å². The van der Waals surface area contributed by atoms with E-state index in [0.29, 0.717) is 43.1 Å². The maximum Gasteiger partial charge on any atom is 0.405 e. The Balaban J connectivity index is 1.28. The molecule has 166 valence electrons. The molecule has 2 aromatic rings. The van der Waals surface area contributed by atoms with Crippen molar-refractivity contribution in [2.45, 2.75) is 31.4 Å². The minimum atomic E-state index is -4.48. The molecule has 2 N–H and O–H groups in total. The summed E-state index contributed by atoms with van der Waals surface area (Å²) in [5.41, 5.74) is 1.44. The van der Waals surface area contributed by atoms with E-state index in [1.165, 1.54) is 6.07 Å². The van der Waals surface area contributed by atoms with Crippen molar-refractivity contribution in [1.82, 2.24) is 20.4 Å². The number of benzene rings is 1. The average Bonchev–Trinajstić information content (AvgIpc) is 3.41. The van der Waals surface area contributed by atoms with Gasteiger partial charge >= 0.3 is 6.18 Å². The Kier molecular flexibility index (Phi) is 5.75. The van der Waals surface area contributed by atoms with Crippen LogP contribution in [0, 0.1) is 0 Å². The first-order chi connectivity index (χ1) is 14.8. The molecule has 0 aliphatic carbocycles. The fourth-order valence-corrected chi connectivity index (χ4v) is 3.71. The number of hydrogen-bond acceptors (Lipinski definition) is 5. The highest BCUT2D eigenvalue weighted by Gasteiger charge is 2.29. The normalized spacial score (nSPS) is 16.4. The molecule has 8 nitrogen and oxygen atoms in total. The summed E-state index contributed by atoms with van der Waals surface area (Å²) in [6.45, 7) is -0.136. The number of carbonyl (C=O) groups excluding carboxylic acids is 2. The second-order valence-electron chi connectivity index (χ2n) is 7.53. The number of rotatable bonds is 5. The van der Waals surface area contributed by atoms with Gasteiger partial charge in [0.2, 0.25) is 12.7 Å². The predicted octanol–water partition coefficient (Wildman–Crippen LogP) is 2.38. The summed E-state index contributed by atoms with van der Waals surface area (Å²) in [4.78, 5) is 26.2. The van der Waals surface area contributed by atoms with Crippen LogP contribution in [0.15, 0.2) is 24.3 Å². The lowest BCUT2D eigenvalue weighted by Gasteiger charge is -2.31. The molecule has 4 rings (SSSR count). The van der Waals surface area contributed by atoms with E-state index in [0.717, 1.165) is 5.56 Å². The Hall–Kier alpha value is -3.24. The van der Waals surface area contributed by atoms with Crippen molar-refractivity contribution in [3.05, 3.63) is 41.2 Å². The number of fused-ring (bicyclic) bond motifs is 1. The summed E-state index contributed by atoms with van der Waals surface area (Å²) < 4.78 is 47.3. The molecule has 1 aromatic heterocycles. The van der Waals surface area contributed by atoms with Gasteiger partial charge in [-0.3, -0.25) is 14.7 Å². The Morgan fingerprint density at radius 2 is 1.90 bits per heavy atom. The summed E-state index contributed by atoms with van der Waals surface area (Å²) in [5.74, 6) is 0.484. The van der Waals surface area contributed by atoms with Crippen LogP contribution in [0.1, 0.15) is 40.5 Å². The Bertz CT molecular complexity index is 968. The minimum Gasteiger partial charge on any atom is -0.454 e. The van der Waals surface area contributed by atoms with Crippen molar-refractivity contribution in [3.63, 3.8) is 0 Å². The minimum absolute atomic E-state index is 0.00847. The Labute approximate surface area is 175 Å². The highest BCUT2D eigenvalue weighted by Crippen LogP contribution is 2.33. The molecule has 0 saturated carbocycles. The highest BCUT2D eigenvalue weighted by atomic mass is 19.4. The topological polar surface area (TPSA) is 96.5 Å². The quantitative estimate of drug-likeness (QED) is 0.747. The first-order valence-electron chi connectivity index (χ1n) is 9.85. The van der Waals surface area contributed by atoms with Gasteiger partial charge in [0, 0.05) is 24.7 Å². The highest BCUT2D eigenvalue weighted by molar-refractivity contribution is 5.92. The fourth-order valence-electron chi connectivity index (χ4n) is 3.71. The molecule has 2 aliphatic heterocycles. The molecular formula is C20H21F3N4O4. The van der Waals surface area contributed by atoms with Crippen molar-refractivity contribution in [2.75, 3.05) is 26.4 Å². The van der Waals surface area contributed by atoms with E-state index in [-0.39, 0.29) is 30.7 Å². The Morgan fingerprint density at radius 3 is 2.65 bits per heavy atom. The number of likely N-dealkylation sites (tertiary alicyclic amines) is 1. The molecule has 11 heteroatoms. The van der Waals surface area contributed by atoms with Crippen LogP contribution in [0.2, 0.25) is 0 Å². The number of nitrogens with one attached hydrogen (secondary N) is 2. The maximum absolute atomic E-state index is 12.6. The molecule has 3 heterocycles. The van der Waals surface area contributed by atoms with Crippen LogP contribution in [0.3, 0.4) is 0 Å².